The molecule has 0 unspecified atom stereocenters. The molecule has 90 valence electrons. The van der Waals surface area contributed by atoms with Gasteiger partial charge in [-0.2, -0.15) is 0 Å². The third-order valence-electron chi connectivity index (χ3n) is 2.03. The van der Waals surface area contributed by atoms with E-state index in [1.54, 1.807) is 24.3 Å². The molecule has 0 heterocycles. The molecule has 0 radical (unpaired) electrons. The second-order valence-corrected chi connectivity index (χ2v) is 5.49. The SMILES string of the molecule is C[SH](=O)(Oc1ccccc1)Oc1ccccc1. The Bertz CT molecular complexity index is 465. The van der Waals surface area contributed by atoms with Gasteiger partial charge in [-0.15, -0.1) is 0 Å². The van der Waals surface area contributed by atoms with Crippen molar-refractivity contribution in [3.8, 4) is 11.5 Å². The van der Waals surface area contributed by atoms with Crippen LogP contribution in [-0.2, 0) is 10.5 Å². The van der Waals surface area contributed by atoms with Crippen LogP contribution in [0.25, 0.3) is 0 Å². The average molecular weight is 250 g/mol. The third-order valence-corrected chi connectivity index (χ3v) is 3.11. The standard InChI is InChI=1S/C13H14O3S/c1-17(14,15-12-8-4-2-5-9-12)16-13-10-6-3-7-11-13/h2-11,17H,1H3. The third kappa shape index (κ3) is 3.60. The van der Waals surface area contributed by atoms with E-state index in [9.17, 15) is 4.21 Å². The summed E-state index contributed by atoms with van der Waals surface area (Å²) < 4.78 is 22.8. The number of hydrogen-bond acceptors (Lipinski definition) is 3. The summed E-state index contributed by atoms with van der Waals surface area (Å²) in [4.78, 5) is 0. The van der Waals surface area contributed by atoms with Crippen LogP contribution in [0.3, 0.4) is 0 Å². The first-order chi connectivity index (χ1) is 8.16. The Hall–Kier alpha value is -1.81. The van der Waals surface area contributed by atoms with Gasteiger partial charge in [0.1, 0.15) is 22.0 Å². The van der Waals surface area contributed by atoms with Gasteiger partial charge < -0.3 is 8.37 Å². The predicted octanol–water partition coefficient (Wildman–Crippen LogP) is 2.62. The quantitative estimate of drug-likeness (QED) is 0.847. The molecule has 0 fully saturated rings. The number of para-hydroxylation sites is 2. The van der Waals surface area contributed by atoms with E-state index in [0.29, 0.717) is 11.5 Å². The first kappa shape index (κ1) is 11.7. The molecule has 0 spiro atoms. The maximum atomic E-state index is 12.1. The topological polar surface area (TPSA) is 35.5 Å². The van der Waals surface area contributed by atoms with Crippen molar-refractivity contribution < 1.29 is 12.6 Å². The van der Waals surface area contributed by atoms with E-state index in [1.165, 1.54) is 6.26 Å². The lowest BCUT2D eigenvalue weighted by molar-refractivity contribution is 0.441. The molecule has 0 aromatic heterocycles. The molecule has 0 amide bonds. The molecule has 0 N–H and O–H groups in total. The van der Waals surface area contributed by atoms with Gasteiger partial charge in [-0.25, -0.2) is 4.21 Å². The van der Waals surface area contributed by atoms with Gasteiger partial charge in [0.2, 0.25) is 0 Å². The molecule has 3 nitrogen and oxygen atoms in total. The number of benzene rings is 2. The zero-order valence-electron chi connectivity index (χ0n) is 9.45. The first-order valence-electron chi connectivity index (χ1n) is 5.22. The van der Waals surface area contributed by atoms with Gasteiger partial charge >= 0.3 is 0 Å². The van der Waals surface area contributed by atoms with Crippen LogP contribution in [-0.4, -0.2) is 10.5 Å². The normalized spacial score (nSPS) is 11.8. The van der Waals surface area contributed by atoms with Crippen molar-refractivity contribution in [2.24, 2.45) is 0 Å². The van der Waals surface area contributed by atoms with Crippen molar-refractivity contribution in [3.63, 3.8) is 0 Å². The lowest BCUT2D eigenvalue weighted by Gasteiger charge is -2.22. The molecule has 4 heteroatoms. The van der Waals surface area contributed by atoms with Crippen LogP contribution in [0.4, 0.5) is 0 Å². The Labute approximate surface area is 102 Å². The van der Waals surface area contributed by atoms with Gasteiger partial charge in [-0.3, -0.25) is 0 Å². The summed E-state index contributed by atoms with van der Waals surface area (Å²) in [6.07, 6.45) is 1.45. The van der Waals surface area contributed by atoms with E-state index in [2.05, 4.69) is 0 Å². The van der Waals surface area contributed by atoms with Gasteiger partial charge in [0.15, 0.2) is 0 Å². The highest BCUT2D eigenvalue weighted by molar-refractivity contribution is 7.94. The Morgan fingerprint density at radius 1 is 0.765 bits per heavy atom. The predicted molar refractivity (Wildman–Crippen MR) is 69.6 cm³/mol. The van der Waals surface area contributed by atoms with Crippen LogP contribution in [0.2, 0.25) is 0 Å². The molecular formula is C13H14O3S. The largest absolute Gasteiger partial charge is 0.398 e. The molecule has 2 aromatic carbocycles. The van der Waals surface area contributed by atoms with E-state index in [-0.39, 0.29) is 0 Å². The van der Waals surface area contributed by atoms with E-state index in [1.807, 2.05) is 36.4 Å². The van der Waals surface area contributed by atoms with Gasteiger partial charge in [0.25, 0.3) is 0 Å². The fourth-order valence-corrected chi connectivity index (χ4v) is 2.41. The highest BCUT2D eigenvalue weighted by atomic mass is 32.3. The first-order valence-corrected chi connectivity index (χ1v) is 7.21. The zero-order chi connectivity index (χ0) is 12.1. The molecule has 0 aliphatic carbocycles. The molecule has 2 aromatic rings. The van der Waals surface area contributed by atoms with Crippen LogP contribution < -0.4 is 8.37 Å². The van der Waals surface area contributed by atoms with Crippen LogP contribution in [0.15, 0.2) is 60.7 Å². The van der Waals surface area contributed by atoms with Crippen molar-refractivity contribution in [2.75, 3.05) is 6.26 Å². The van der Waals surface area contributed by atoms with Crippen molar-refractivity contribution >= 4 is 10.5 Å². The van der Waals surface area contributed by atoms with Gasteiger partial charge in [0, 0.05) is 0 Å². The Balaban J connectivity index is 2.07. The number of thiol groups is 1. The summed E-state index contributed by atoms with van der Waals surface area (Å²) in [5.74, 6) is 1.07. The van der Waals surface area contributed by atoms with Crippen LogP contribution in [0, 0.1) is 0 Å². The van der Waals surface area contributed by atoms with Gasteiger partial charge in [-0.1, -0.05) is 36.4 Å². The summed E-state index contributed by atoms with van der Waals surface area (Å²) in [6, 6.07) is 18.0. The lowest BCUT2D eigenvalue weighted by Crippen LogP contribution is -2.24. The minimum Gasteiger partial charge on any atom is -0.398 e. The van der Waals surface area contributed by atoms with Gasteiger partial charge in [-0.05, 0) is 24.3 Å². The molecule has 0 atom stereocenters. The van der Waals surface area contributed by atoms with Gasteiger partial charge in [0.05, 0.1) is 6.26 Å². The molecule has 0 saturated carbocycles. The molecule has 0 bridgehead atoms. The summed E-state index contributed by atoms with van der Waals surface area (Å²) in [7, 11) is -3.14. The lowest BCUT2D eigenvalue weighted by atomic mass is 10.3. The summed E-state index contributed by atoms with van der Waals surface area (Å²) in [5, 5.41) is 0. The van der Waals surface area contributed by atoms with Crippen molar-refractivity contribution in [1.29, 1.82) is 0 Å². The molecule has 0 aliphatic heterocycles. The second-order valence-electron chi connectivity index (χ2n) is 3.58. The van der Waals surface area contributed by atoms with Crippen molar-refractivity contribution in [3.05, 3.63) is 60.7 Å². The van der Waals surface area contributed by atoms with E-state index >= 15 is 0 Å². The Kier molecular flexibility index (Phi) is 3.44. The number of hydrogen-bond donors (Lipinski definition) is 1. The minimum absolute atomic E-state index is 0.536. The fraction of sp³-hybridized carbons (Fsp3) is 0.0769. The molecule has 2 rings (SSSR count). The smallest absolute Gasteiger partial charge is 0.145 e. The van der Waals surface area contributed by atoms with Crippen LogP contribution in [0.5, 0.6) is 11.5 Å². The van der Waals surface area contributed by atoms with Crippen molar-refractivity contribution in [2.45, 2.75) is 0 Å². The van der Waals surface area contributed by atoms with E-state index in [4.69, 9.17) is 8.37 Å². The van der Waals surface area contributed by atoms with E-state index < -0.39 is 10.5 Å². The zero-order valence-corrected chi connectivity index (χ0v) is 10.3. The van der Waals surface area contributed by atoms with E-state index in [0.717, 1.165) is 0 Å². The molecular weight excluding hydrogens is 236 g/mol. The maximum Gasteiger partial charge on any atom is 0.145 e. The molecule has 0 saturated heterocycles. The summed E-state index contributed by atoms with van der Waals surface area (Å²) in [5.41, 5.74) is 0. The minimum atomic E-state index is -3.14. The van der Waals surface area contributed by atoms with Crippen LogP contribution in [0.1, 0.15) is 0 Å². The highest BCUT2D eigenvalue weighted by Crippen LogP contribution is 2.19. The second kappa shape index (κ2) is 5.01. The maximum absolute atomic E-state index is 12.1. The summed E-state index contributed by atoms with van der Waals surface area (Å²) >= 11 is 0. The van der Waals surface area contributed by atoms with Crippen molar-refractivity contribution in [1.82, 2.24) is 0 Å². The fourth-order valence-electron chi connectivity index (χ4n) is 1.36. The molecule has 17 heavy (non-hydrogen) atoms. The highest BCUT2D eigenvalue weighted by Gasteiger charge is 2.10. The average Bonchev–Trinajstić information content (AvgIpc) is 2.30. The Morgan fingerprint density at radius 3 is 1.47 bits per heavy atom. The monoisotopic (exact) mass is 250 g/mol. The van der Waals surface area contributed by atoms with Crippen LogP contribution >= 0.6 is 0 Å². The molecule has 0 aliphatic rings. The Morgan fingerprint density at radius 2 is 1.12 bits per heavy atom. The number of rotatable bonds is 4. The summed E-state index contributed by atoms with van der Waals surface area (Å²) in [6.45, 7) is 0.